The lowest BCUT2D eigenvalue weighted by molar-refractivity contribution is -0.140. The zero-order chi connectivity index (χ0) is 25.1. The maximum atomic E-state index is 13.3. The fraction of sp³-hybridized carbons (Fsp3) is 0.250. The minimum atomic E-state index is -0.793. The summed E-state index contributed by atoms with van der Waals surface area (Å²) in [6, 6.07) is 15.0. The van der Waals surface area contributed by atoms with Gasteiger partial charge in [0.25, 0.3) is 11.7 Å². The van der Waals surface area contributed by atoms with Gasteiger partial charge in [0.2, 0.25) is 0 Å². The van der Waals surface area contributed by atoms with Gasteiger partial charge >= 0.3 is 0 Å². The summed E-state index contributed by atoms with van der Waals surface area (Å²) in [5.74, 6) is 0.0294. The van der Waals surface area contributed by atoms with Crippen molar-refractivity contribution in [2.75, 3.05) is 19.8 Å². The average Bonchev–Trinajstić information content (AvgIpc) is 3.17. The number of aliphatic hydroxyl groups excluding tert-OH is 1. The molecule has 0 unspecified atom stereocenters. The molecular weight excluding hydrogens is 460 g/mol. The van der Waals surface area contributed by atoms with E-state index in [1.54, 1.807) is 48.8 Å². The number of pyridine rings is 1. The van der Waals surface area contributed by atoms with Crippen LogP contribution in [0.1, 0.15) is 36.1 Å². The standard InChI is InChI=1S/C28H26N2O6/c1-2-12-34-21-8-5-19(6-9-21)25-24(26(31)20-7-10-22-23(15-20)36-14-13-35-22)27(32)28(33)30(25)17-18-4-3-11-29-16-18/h3-11,15-16,25,31H,2,12-14,17H2,1H3/t25-/m1/s1. The maximum Gasteiger partial charge on any atom is 0.295 e. The van der Waals surface area contributed by atoms with E-state index in [-0.39, 0.29) is 17.9 Å². The fourth-order valence-corrected chi connectivity index (χ4v) is 4.39. The van der Waals surface area contributed by atoms with Gasteiger partial charge in [-0.2, -0.15) is 0 Å². The van der Waals surface area contributed by atoms with Gasteiger partial charge in [-0.05, 0) is 53.9 Å². The number of ether oxygens (including phenoxy) is 3. The highest BCUT2D eigenvalue weighted by atomic mass is 16.6. The lowest BCUT2D eigenvalue weighted by atomic mass is 9.95. The Morgan fingerprint density at radius 2 is 1.86 bits per heavy atom. The monoisotopic (exact) mass is 486 g/mol. The number of amides is 1. The van der Waals surface area contributed by atoms with Gasteiger partial charge in [-0.15, -0.1) is 0 Å². The van der Waals surface area contributed by atoms with Gasteiger partial charge in [-0.1, -0.05) is 25.1 Å². The first-order valence-corrected chi connectivity index (χ1v) is 11.9. The zero-order valence-electron chi connectivity index (χ0n) is 19.8. The van der Waals surface area contributed by atoms with E-state index in [9.17, 15) is 14.7 Å². The molecule has 2 aromatic carbocycles. The number of hydrogen-bond acceptors (Lipinski definition) is 7. The van der Waals surface area contributed by atoms with Crippen molar-refractivity contribution >= 4 is 17.4 Å². The summed E-state index contributed by atoms with van der Waals surface area (Å²) in [5.41, 5.74) is 1.84. The molecule has 8 heteroatoms. The van der Waals surface area contributed by atoms with Crippen LogP contribution < -0.4 is 14.2 Å². The third-order valence-electron chi connectivity index (χ3n) is 6.10. The van der Waals surface area contributed by atoms with Crippen molar-refractivity contribution in [3.05, 3.63) is 89.3 Å². The molecule has 1 atom stereocenters. The summed E-state index contributed by atoms with van der Waals surface area (Å²) in [7, 11) is 0. The third kappa shape index (κ3) is 4.49. The molecule has 0 saturated carbocycles. The predicted octanol–water partition coefficient (Wildman–Crippen LogP) is 4.26. The van der Waals surface area contributed by atoms with E-state index in [4.69, 9.17) is 14.2 Å². The molecule has 0 aliphatic carbocycles. The highest BCUT2D eigenvalue weighted by molar-refractivity contribution is 6.46. The third-order valence-corrected chi connectivity index (χ3v) is 6.10. The van der Waals surface area contributed by atoms with Crippen LogP contribution in [0.15, 0.2) is 72.6 Å². The molecule has 1 N–H and O–H groups in total. The van der Waals surface area contributed by atoms with Gasteiger partial charge in [0, 0.05) is 24.5 Å². The van der Waals surface area contributed by atoms with Crippen LogP contribution >= 0.6 is 0 Å². The first-order chi connectivity index (χ1) is 17.6. The number of benzene rings is 2. The molecule has 1 aromatic heterocycles. The van der Waals surface area contributed by atoms with E-state index < -0.39 is 17.7 Å². The fourth-order valence-electron chi connectivity index (χ4n) is 4.39. The Morgan fingerprint density at radius 3 is 2.58 bits per heavy atom. The number of carbonyl (C=O) groups is 2. The number of likely N-dealkylation sites (tertiary alicyclic amines) is 1. The molecule has 0 spiro atoms. The van der Waals surface area contributed by atoms with E-state index in [2.05, 4.69) is 4.98 Å². The van der Waals surface area contributed by atoms with Crippen molar-refractivity contribution in [1.29, 1.82) is 0 Å². The summed E-state index contributed by atoms with van der Waals surface area (Å²) in [6.45, 7) is 3.60. The van der Waals surface area contributed by atoms with Crippen LogP contribution in [0, 0.1) is 0 Å². The largest absolute Gasteiger partial charge is 0.507 e. The SMILES string of the molecule is CCCOc1ccc([C@@H]2C(=C(O)c3ccc4c(c3)OCCO4)C(=O)C(=O)N2Cc2cccnc2)cc1. The number of Topliss-reactive ketones (excluding diaryl/α,β-unsaturated/α-hetero) is 1. The van der Waals surface area contributed by atoms with E-state index in [1.165, 1.54) is 4.90 Å². The minimum absolute atomic E-state index is 0.0165. The Hall–Kier alpha value is -4.33. The van der Waals surface area contributed by atoms with Crippen LogP contribution in [0.3, 0.4) is 0 Å². The molecule has 8 nitrogen and oxygen atoms in total. The van der Waals surface area contributed by atoms with E-state index in [0.717, 1.165) is 12.0 Å². The normalized spacial score (nSPS) is 18.4. The first kappa shape index (κ1) is 23.4. The number of aliphatic hydroxyl groups is 1. The molecule has 2 aliphatic heterocycles. The Balaban J connectivity index is 1.59. The number of hydrogen-bond donors (Lipinski definition) is 1. The van der Waals surface area contributed by atoms with Crippen molar-refractivity contribution < 1.29 is 28.9 Å². The molecule has 36 heavy (non-hydrogen) atoms. The second-order valence-corrected chi connectivity index (χ2v) is 8.56. The van der Waals surface area contributed by atoms with Gasteiger partial charge in [0.1, 0.15) is 24.7 Å². The smallest absolute Gasteiger partial charge is 0.295 e. The van der Waals surface area contributed by atoms with Gasteiger partial charge < -0.3 is 24.2 Å². The van der Waals surface area contributed by atoms with Crippen LogP contribution in [-0.4, -0.2) is 46.5 Å². The molecule has 1 fully saturated rings. The van der Waals surface area contributed by atoms with Gasteiger partial charge in [0.05, 0.1) is 18.2 Å². The molecule has 0 bridgehead atoms. The average molecular weight is 487 g/mol. The molecule has 5 rings (SSSR count). The molecule has 3 aromatic rings. The van der Waals surface area contributed by atoms with E-state index in [0.29, 0.717) is 48.2 Å². The van der Waals surface area contributed by atoms with Crippen molar-refractivity contribution in [3.8, 4) is 17.2 Å². The Morgan fingerprint density at radius 1 is 1.08 bits per heavy atom. The maximum absolute atomic E-state index is 13.3. The van der Waals surface area contributed by atoms with E-state index >= 15 is 0 Å². The predicted molar refractivity (Wildman–Crippen MR) is 132 cm³/mol. The van der Waals surface area contributed by atoms with Gasteiger partial charge in [-0.25, -0.2) is 0 Å². The number of nitrogens with zero attached hydrogens (tertiary/aromatic N) is 2. The van der Waals surface area contributed by atoms with Crippen LogP contribution in [-0.2, 0) is 16.1 Å². The molecule has 184 valence electrons. The molecule has 1 amide bonds. The number of ketones is 1. The molecule has 0 radical (unpaired) electrons. The van der Waals surface area contributed by atoms with E-state index in [1.807, 2.05) is 25.1 Å². The van der Waals surface area contributed by atoms with Crippen molar-refractivity contribution in [2.45, 2.75) is 25.9 Å². The molecular formula is C28H26N2O6. The number of rotatable bonds is 7. The highest BCUT2D eigenvalue weighted by Gasteiger charge is 2.46. The Kier molecular flexibility index (Phi) is 6.58. The first-order valence-electron chi connectivity index (χ1n) is 11.9. The second-order valence-electron chi connectivity index (χ2n) is 8.56. The lowest BCUT2D eigenvalue weighted by Gasteiger charge is -2.25. The van der Waals surface area contributed by atoms with Crippen LogP contribution in [0.4, 0.5) is 0 Å². The Labute approximate surface area is 208 Å². The van der Waals surface area contributed by atoms with Crippen LogP contribution in [0.2, 0.25) is 0 Å². The number of fused-ring (bicyclic) bond motifs is 1. The van der Waals surface area contributed by atoms with Crippen molar-refractivity contribution in [3.63, 3.8) is 0 Å². The molecule has 1 saturated heterocycles. The lowest BCUT2D eigenvalue weighted by Crippen LogP contribution is -2.29. The zero-order valence-corrected chi connectivity index (χ0v) is 19.8. The topological polar surface area (TPSA) is 98.2 Å². The van der Waals surface area contributed by atoms with Crippen LogP contribution in [0.25, 0.3) is 5.76 Å². The summed E-state index contributed by atoms with van der Waals surface area (Å²) in [6.07, 6.45) is 4.17. The molecule has 3 heterocycles. The number of aromatic nitrogens is 1. The van der Waals surface area contributed by atoms with Gasteiger partial charge in [-0.3, -0.25) is 14.6 Å². The van der Waals surface area contributed by atoms with Crippen molar-refractivity contribution in [1.82, 2.24) is 9.88 Å². The minimum Gasteiger partial charge on any atom is -0.507 e. The van der Waals surface area contributed by atoms with Gasteiger partial charge in [0.15, 0.2) is 11.5 Å². The summed E-state index contributed by atoms with van der Waals surface area (Å²) in [4.78, 5) is 32.1. The molecule has 2 aliphatic rings. The van der Waals surface area contributed by atoms with Crippen molar-refractivity contribution in [2.24, 2.45) is 0 Å². The number of carbonyl (C=O) groups excluding carboxylic acids is 2. The Bertz CT molecular complexity index is 1300. The van der Waals surface area contributed by atoms with Crippen LogP contribution in [0.5, 0.6) is 17.2 Å². The quantitative estimate of drug-likeness (QED) is 0.303. The summed E-state index contributed by atoms with van der Waals surface area (Å²) < 4.78 is 16.9. The summed E-state index contributed by atoms with van der Waals surface area (Å²) >= 11 is 0. The highest BCUT2D eigenvalue weighted by Crippen LogP contribution is 2.42. The second kappa shape index (κ2) is 10.1. The summed E-state index contributed by atoms with van der Waals surface area (Å²) in [5, 5.41) is 11.3.